The molecule has 142 valence electrons. The number of hydrogen-bond donors (Lipinski definition) is 0. The smallest absolute Gasteiger partial charge is 0.282 e. The topological polar surface area (TPSA) is 66.7 Å². The lowest BCUT2D eigenvalue weighted by Gasteiger charge is -2.29. The van der Waals surface area contributed by atoms with Crippen LogP contribution in [0.1, 0.15) is 35.2 Å². The van der Waals surface area contributed by atoms with Gasteiger partial charge in [-0.2, -0.15) is 0 Å². The van der Waals surface area contributed by atoms with Gasteiger partial charge in [-0.05, 0) is 49.1 Å². The highest BCUT2D eigenvalue weighted by Crippen LogP contribution is 2.25. The van der Waals surface area contributed by atoms with E-state index in [0.717, 1.165) is 18.7 Å². The largest absolute Gasteiger partial charge is 0.372 e. The van der Waals surface area contributed by atoms with Crippen LogP contribution in [-0.4, -0.2) is 35.9 Å². The minimum absolute atomic E-state index is 0.0000584. The Balaban J connectivity index is 1.71. The molecule has 0 radical (unpaired) electrons. The van der Waals surface area contributed by atoms with E-state index in [4.69, 9.17) is 11.6 Å². The van der Waals surface area contributed by atoms with E-state index < -0.39 is 10.8 Å². The van der Waals surface area contributed by atoms with Crippen LogP contribution >= 0.6 is 11.6 Å². The molecule has 1 fully saturated rings. The van der Waals surface area contributed by atoms with Crippen molar-refractivity contribution in [2.45, 2.75) is 25.8 Å². The van der Waals surface area contributed by atoms with E-state index in [1.165, 1.54) is 48.0 Å². The van der Waals surface area contributed by atoms with Gasteiger partial charge < -0.3 is 9.80 Å². The lowest BCUT2D eigenvalue weighted by atomic mass is 10.1. The number of benzene rings is 2. The molecule has 6 nitrogen and oxygen atoms in total. The molecule has 3 rings (SSSR count). The molecule has 1 saturated heterocycles. The van der Waals surface area contributed by atoms with Crippen molar-refractivity contribution in [1.29, 1.82) is 0 Å². The Hall–Kier alpha value is -2.60. The van der Waals surface area contributed by atoms with Gasteiger partial charge in [0.25, 0.3) is 11.6 Å². The van der Waals surface area contributed by atoms with Crippen molar-refractivity contribution in [3.63, 3.8) is 0 Å². The number of nitro benzene ring substituents is 1. The average Bonchev–Trinajstić information content (AvgIpc) is 2.68. The van der Waals surface area contributed by atoms with Gasteiger partial charge in [0, 0.05) is 43.5 Å². The number of rotatable bonds is 5. The monoisotopic (exact) mass is 387 g/mol. The van der Waals surface area contributed by atoms with E-state index in [1.54, 1.807) is 7.05 Å². The molecule has 7 heteroatoms. The summed E-state index contributed by atoms with van der Waals surface area (Å²) in [5.74, 6) is -0.427. The first kappa shape index (κ1) is 19.2. The summed E-state index contributed by atoms with van der Waals surface area (Å²) in [6, 6.07) is 12.2. The number of nitrogens with zero attached hydrogens (tertiary/aromatic N) is 3. The first-order valence-electron chi connectivity index (χ1n) is 8.99. The molecule has 0 N–H and O–H groups in total. The first-order chi connectivity index (χ1) is 13.0. The zero-order valence-corrected chi connectivity index (χ0v) is 16.0. The average molecular weight is 388 g/mol. The van der Waals surface area contributed by atoms with Gasteiger partial charge in [0.15, 0.2) is 0 Å². The summed E-state index contributed by atoms with van der Waals surface area (Å²) in [7, 11) is 1.63. The second-order valence-corrected chi connectivity index (χ2v) is 7.23. The number of halogens is 1. The molecular weight excluding hydrogens is 366 g/mol. The molecule has 0 spiro atoms. The van der Waals surface area contributed by atoms with Gasteiger partial charge in [-0.15, -0.1) is 0 Å². The van der Waals surface area contributed by atoms with E-state index in [1.807, 2.05) is 12.1 Å². The lowest BCUT2D eigenvalue weighted by molar-refractivity contribution is -0.385. The van der Waals surface area contributed by atoms with Crippen molar-refractivity contribution in [3.05, 3.63) is 68.7 Å². The van der Waals surface area contributed by atoms with Gasteiger partial charge in [-0.25, -0.2) is 0 Å². The number of anilines is 1. The maximum Gasteiger partial charge on any atom is 0.282 e. The second-order valence-electron chi connectivity index (χ2n) is 6.79. The van der Waals surface area contributed by atoms with Gasteiger partial charge in [-0.3, -0.25) is 14.9 Å². The van der Waals surface area contributed by atoms with E-state index in [-0.39, 0.29) is 11.3 Å². The maximum absolute atomic E-state index is 12.7. The van der Waals surface area contributed by atoms with Crippen LogP contribution < -0.4 is 4.90 Å². The quantitative estimate of drug-likeness (QED) is 0.559. The molecule has 1 amide bonds. The standard InChI is InChI=1S/C20H22ClN3O3/c1-22(20(25)18-13-16(21)7-10-19(18)24(26)27)14-15-5-8-17(9-6-15)23-11-3-2-4-12-23/h5-10,13H,2-4,11-12,14H2,1H3. The van der Waals surface area contributed by atoms with Gasteiger partial charge in [-0.1, -0.05) is 23.7 Å². The fourth-order valence-corrected chi connectivity index (χ4v) is 3.53. The highest BCUT2D eigenvalue weighted by molar-refractivity contribution is 6.31. The minimum Gasteiger partial charge on any atom is -0.372 e. The Morgan fingerprint density at radius 2 is 1.81 bits per heavy atom. The van der Waals surface area contributed by atoms with Gasteiger partial charge in [0.05, 0.1) is 4.92 Å². The fourth-order valence-electron chi connectivity index (χ4n) is 3.35. The summed E-state index contributed by atoms with van der Waals surface area (Å²) < 4.78 is 0. The van der Waals surface area contributed by atoms with Crippen LogP contribution in [-0.2, 0) is 6.54 Å². The predicted molar refractivity (Wildman–Crippen MR) is 106 cm³/mol. The van der Waals surface area contributed by atoms with E-state index in [9.17, 15) is 14.9 Å². The van der Waals surface area contributed by atoms with Crippen LogP contribution in [0.4, 0.5) is 11.4 Å². The first-order valence-corrected chi connectivity index (χ1v) is 9.37. The summed E-state index contributed by atoms with van der Waals surface area (Å²) in [5, 5.41) is 11.5. The normalized spacial score (nSPS) is 14.1. The molecule has 1 heterocycles. The Kier molecular flexibility index (Phi) is 5.96. The van der Waals surface area contributed by atoms with Crippen molar-refractivity contribution in [3.8, 4) is 0 Å². The van der Waals surface area contributed by atoms with Crippen LogP contribution in [0.2, 0.25) is 5.02 Å². The van der Waals surface area contributed by atoms with Gasteiger partial charge >= 0.3 is 0 Å². The molecule has 0 aromatic heterocycles. The molecule has 2 aromatic rings. The Labute approximate surface area is 163 Å². The summed E-state index contributed by atoms with van der Waals surface area (Å²) in [5.41, 5.74) is 1.92. The third kappa shape index (κ3) is 4.57. The molecule has 0 aliphatic carbocycles. The molecule has 0 bridgehead atoms. The summed E-state index contributed by atoms with van der Waals surface area (Å²) >= 11 is 5.92. The van der Waals surface area contributed by atoms with E-state index in [0.29, 0.717) is 11.6 Å². The SMILES string of the molecule is CN(Cc1ccc(N2CCCCC2)cc1)C(=O)c1cc(Cl)ccc1[N+](=O)[O-]. The number of carbonyl (C=O) groups excluding carboxylic acids is 1. The molecule has 1 aliphatic rings. The molecule has 0 atom stereocenters. The highest BCUT2D eigenvalue weighted by Gasteiger charge is 2.23. The molecule has 0 unspecified atom stereocenters. The Morgan fingerprint density at radius 1 is 1.15 bits per heavy atom. The second kappa shape index (κ2) is 8.39. The molecule has 1 aliphatic heterocycles. The third-order valence-corrected chi connectivity index (χ3v) is 5.04. The van der Waals surface area contributed by atoms with Crippen molar-refractivity contribution in [2.75, 3.05) is 25.0 Å². The minimum atomic E-state index is -0.565. The number of carbonyl (C=O) groups is 1. The maximum atomic E-state index is 12.7. The van der Waals surface area contributed by atoms with Crippen molar-refractivity contribution in [1.82, 2.24) is 4.90 Å². The summed E-state index contributed by atoms with van der Waals surface area (Å²) in [6.45, 7) is 2.52. The van der Waals surface area contributed by atoms with Crippen LogP contribution in [0.15, 0.2) is 42.5 Å². The fraction of sp³-hybridized carbons (Fsp3) is 0.350. The van der Waals surface area contributed by atoms with Gasteiger partial charge in [0.2, 0.25) is 0 Å². The number of piperidine rings is 1. The third-order valence-electron chi connectivity index (χ3n) is 4.81. The van der Waals surface area contributed by atoms with Crippen LogP contribution in [0, 0.1) is 10.1 Å². The molecule has 2 aromatic carbocycles. The van der Waals surface area contributed by atoms with Crippen molar-refractivity contribution < 1.29 is 9.72 Å². The Bertz CT molecular complexity index is 833. The van der Waals surface area contributed by atoms with Crippen LogP contribution in [0.3, 0.4) is 0 Å². The van der Waals surface area contributed by atoms with Crippen molar-refractivity contribution in [2.24, 2.45) is 0 Å². The summed E-state index contributed by atoms with van der Waals surface area (Å²) in [4.78, 5) is 27.2. The highest BCUT2D eigenvalue weighted by atomic mass is 35.5. The molecule has 0 saturated carbocycles. The van der Waals surface area contributed by atoms with Gasteiger partial charge in [0.1, 0.15) is 5.56 Å². The predicted octanol–water partition coefficient (Wildman–Crippen LogP) is 4.51. The van der Waals surface area contributed by atoms with Crippen LogP contribution in [0.5, 0.6) is 0 Å². The Morgan fingerprint density at radius 3 is 2.44 bits per heavy atom. The molecule has 27 heavy (non-hydrogen) atoms. The number of nitro groups is 1. The van der Waals surface area contributed by atoms with E-state index in [2.05, 4.69) is 17.0 Å². The molecular formula is C20H22ClN3O3. The number of hydrogen-bond acceptors (Lipinski definition) is 4. The zero-order valence-electron chi connectivity index (χ0n) is 15.2. The zero-order chi connectivity index (χ0) is 19.4. The van der Waals surface area contributed by atoms with Crippen molar-refractivity contribution >= 4 is 28.9 Å². The van der Waals surface area contributed by atoms with Crippen LogP contribution in [0.25, 0.3) is 0 Å². The van der Waals surface area contributed by atoms with E-state index >= 15 is 0 Å². The lowest BCUT2D eigenvalue weighted by Crippen LogP contribution is -2.29. The number of amides is 1. The summed E-state index contributed by atoms with van der Waals surface area (Å²) in [6.07, 6.45) is 3.73.